The van der Waals surface area contributed by atoms with E-state index < -0.39 is 5.60 Å². The number of carbonyl (C=O) groups is 1. The van der Waals surface area contributed by atoms with Crippen LogP contribution in [-0.4, -0.2) is 35.2 Å². The predicted molar refractivity (Wildman–Crippen MR) is 88.5 cm³/mol. The summed E-state index contributed by atoms with van der Waals surface area (Å²) in [5.74, 6) is 1.22. The first-order chi connectivity index (χ1) is 10.3. The molecule has 0 saturated carbocycles. The van der Waals surface area contributed by atoms with Gasteiger partial charge in [0.25, 0.3) is 0 Å². The summed E-state index contributed by atoms with van der Waals surface area (Å²) in [6.45, 7) is 8.43. The van der Waals surface area contributed by atoms with Crippen molar-refractivity contribution in [3.63, 3.8) is 0 Å². The number of hydrogen-bond acceptors (Lipinski definition) is 4. The van der Waals surface area contributed by atoms with Crippen molar-refractivity contribution in [2.24, 2.45) is 5.92 Å². The van der Waals surface area contributed by atoms with E-state index >= 15 is 0 Å². The predicted octanol–water partition coefficient (Wildman–Crippen LogP) is 3.74. The summed E-state index contributed by atoms with van der Waals surface area (Å²) in [6, 6.07) is 3.87. The molecule has 2 heterocycles. The number of allylic oxidation sites excluding steroid dienone is 1. The van der Waals surface area contributed by atoms with Crippen LogP contribution in [0.15, 0.2) is 24.4 Å². The molecule has 0 spiro atoms. The molecule has 1 unspecified atom stereocenters. The summed E-state index contributed by atoms with van der Waals surface area (Å²) in [4.78, 5) is 18.5. The molecule has 120 valence electrons. The normalized spacial score (nSPS) is 18.7. The van der Waals surface area contributed by atoms with Gasteiger partial charge < -0.3 is 10.1 Å². The highest BCUT2D eigenvalue weighted by Gasteiger charge is 2.29. The third-order valence-electron chi connectivity index (χ3n) is 3.43. The summed E-state index contributed by atoms with van der Waals surface area (Å²) in [5.41, 5.74) is 1.30. The Labute approximate surface area is 132 Å². The van der Waals surface area contributed by atoms with Gasteiger partial charge >= 0.3 is 6.09 Å². The van der Waals surface area contributed by atoms with Crippen molar-refractivity contribution in [3.8, 4) is 0 Å². The molecule has 0 aromatic carbocycles. The standard InChI is InChI=1S/C17H25N3O2/c1-12-6-8-14(13-7-9-15(18-5)19-10-13)20(11-12)16(21)22-17(2,3)4/h7-10,12H,6,11H2,1-5H3,(H,18,19). The first-order valence-corrected chi connectivity index (χ1v) is 7.65. The molecule has 0 radical (unpaired) electrons. The van der Waals surface area contributed by atoms with Crippen molar-refractivity contribution in [1.82, 2.24) is 9.88 Å². The summed E-state index contributed by atoms with van der Waals surface area (Å²) in [7, 11) is 1.83. The van der Waals surface area contributed by atoms with Gasteiger partial charge in [0.2, 0.25) is 0 Å². The molecular formula is C17H25N3O2. The molecule has 1 aliphatic heterocycles. The van der Waals surface area contributed by atoms with Crippen LogP contribution in [0.2, 0.25) is 0 Å². The molecule has 1 aromatic heterocycles. The van der Waals surface area contributed by atoms with Crippen molar-refractivity contribution in [2.75, 3.05) is 18.9 Å². The summed E-state index contributed by atoms with van der Waals surface area (Å²) < 4.78 is 5.54. The van der Waals surface area contributed by atoms with Gasteiger partial charge in [0, 0.05) is 25.4 Å². The average molecular weight is 303 g/mol. The van der Waals surface area contributed by atoms with Gasteiger partial charge in [0.15, 0.2) is 0 Å². The van der Waals surface area contributed by atoms with E-state index in [0.717, 1.165) is 23.5 Å². The first-order valence-electron chi connectivity index (χ1n) is 7.65. The fourth-order valence-corrected chi connectivity index (χ4v) is 2.36. The second-order valence-electron chi connectivity index (χ2n) is 6.70. The van der Waals surface area contributed by atoms with Crippen LogP contribution in [0, 0.1) is 5.92 Å². The van der Waals surface area contributed by atoms with Crippen LogP contribution in [-0.2, 0) is 4.74 Å². The lowest BCUT2D eigenvalue weighted by atomic mass is 9.99. The number of nitrogens with one attached hydrogen (secondary N) is 1. The Morgan fingerprint density at radius 3 is 2.68 bits per heavy atom. The molecule has 0 saturated heterocycles. The van der Waals surface area contributed by atoms with E-state index in [1.165, 1.54) is 0 Å². The molecule has 5 nitrogen and oxygen atoms in total. The van der Waals surface area contributed by atoms with E-state index in [2.05, 4.69) is 23.3 Å². The Balaban J connectivity index is 2.27. The fourth-order valence-electron chi connectivity index (χ4n) is 2.36. The van der Waals surface area contributed by atoms with Crippen LogP contribution >= 0.6 is 0 Å². The highest BCUT2D eigenvalue weighted by atomic mass is 16.6. The van der Waals surface area contributed by atoms with Crippen molar-refractivity contribution in [2.45, 2.75) is 39.7 Å². The van der Waals surface area contributed by atoms with E-state index in [1.54, 1.807) is 11.1 Å². The number of rotatable bonds is 2. The van der Waals surface area contributed by atoms with Crippen molar-refractivity contribution in [1.29, 1.82) is 0 Å². The van der Waals surface area contributed by atoms with Crippen LogP contribution in [0.5, 0.6) is 0 Å². The smallest absolute Gasteiger partial charge is 0.414 e. The lowest BCUT2D eigenvalue weighted by Crippen LogP contribution is -2.39. The molecule has 1 amide bonds. The van der Waals surface area contributed by atoms with Crippen LogP contribution < -0.4 is 5.32 Å². The highest BCUT2D eigenvalue weighted by Crippen LogP contribution is 2.29. The van der Waals surface area contributed by atoms with E-state index in [0.29, 0.717) is 12.5 Å². The van der Waals surface area contributed by atoms with Gasteiger partial charge in [0.1, 0.15) is 11.4 Å². The Hall–Kier alpha value is -2.04. The van der Waals surface area contributed by atoms with E-state index in [1.807, 2.05) is 40.0 Å². The number of pyridine rings is 1. The van der Waals surface area contributed by atoms with Crippen LogP contribution in [0.3, 0.4) is 0 Å². The lowest BCUT2D eigenvalue weighted by molar-refractivity contribution is 0.0327. The SMILES string of the molecule is CNc1ccc(C2=CCC(C)CN2C(=O)OC(C)(C)C)cn1. The van der Waals surface area contributed by atoms with Gasteiger partial charge in [-0.2, -0.15) is 0 Å². The minimum Gasteiger partial charge on any atom is -0.443 e. The number of nitrogens with zero attached hydrogens (tertiary/aromatic N) is 2. The Morgan fingerprint density at radius 1 is 1.41 bits per heavy atom. The topological polar surface area (TPSA) is 54.5 Å². The number of aromatic nitrogens is 1. The monoisotopic (exact) mass is 303 g/mol. The molecule has 0 bridgehead atoms. The molecule has 1 atom stereocenters. The van der Waals surface area contributed by atoms with Crippen molar-refractivity contribution < 1.29 is 9.53 Å². The third kappa shape index (κ3) is 4.00. The maximum atomic E-state index is 12.5. The Bertz CT molecular complexity index is 558. The quantitative estimate of drug-likeness (QED) is 0.904. The second kappa shape index (κ2) is 6.38. The zero-order valence-electron chi connectivity index (χ0n) is 14.0. The average Bonchev–Trinajstić information content (AvgIpc) is 2.45. The second-order valence-corrected chi connectivity index (χ2v) is 6.70. The Kier molecular flexibility index (Phi) is 4.74. The minimum absolute atomic E-state index is 0.303. The highest BCUT2D eigenvalue weighted by molar-refractivity contribution is 5.82. The third-order valence-corrected chi connectivity index (χ3v) is 3.43. The number of amides is 1. The first kappa shape index (κ1) is 16.3. The summed E-state index contributed by atoms with van der Waals surface area (Å²) >= 11 is 0. The number of carbonyl (C=O) groups excluding carboxylic acids is 1. The van der Waals surface area contributed by atoms with Crippen LogP contribution in [0.1, 0.15) is 39.7 Å². The number of ether oxygens (including phenoxy) is 1. The number of anilines is 1. The molecule has 22 heavy (non-hydrogen) atoms. The van der Waals surface area contributed by atoms with E-state index in [9.17, 15) is 4.79 Å². The van der Waals surface area contributed by atoms with Crippen LogP contribution in [0.4, 0.5) is 10.6 Å². The van der Waals surface area contributed by atoms with E-state index in [-0.39, 0.29) is 6.09 Å². The van der Waals surface area contributed by atoms with Crippen molar-refractivity contribution in [3.05, 3.63) is 30.0 Å². The summed E-state index contributed by atoms with van der Waals surface area (Å²) in [5, 5.41) is 2.99. The molecule has 1 aromatic rings. The van der Waals surface area contributed by atoms with Gasteiger partial charge in [-0.1, -0.05) is 13.0 Å². The lowest BCUT2D eigenvalue weighted by Gasteiger charge is -2.33. The van der Waals surface area contributed by atoms with Gasteiger partial charge in [-0.15, -0.1) is 0 Å². The molecule has 0 aliphatic carbocycles. The van der Waals surface area contributed by atoms with Gasteiger partial charge in [-0.25, -0.2) is 9.78 Å². The zero-order valence-corrected chi connectivity index (χ0v) is 14.0. The zero-order chi connectivity index (χ0) is 16.3. The summed E-state index contributed by atoms with van der Waals surface area (Å²) in [6.07, 6.45) is 4.52. The maximum Gasteiger partial charge on any atom is 0.414 e. The molecule has 1 aliphatic rings. The van der Waals surface area contributed by atoms with E-state index in [4.69, 9.17) is 4.74 Å². The molecular weight excluding hydrogens is 278 g/mol. The van der Waals surface area contributed by atoms with Gasteiger partial charge in [-0.05, 0) is 45.2 Å². The molecule has 5 heteroatoms. The van der Waals surface area contributed by atoms with Crippen molar-refractivity contribution >= 4 is 17.6 Å². The largest absolute Gasteiger partial charge is 0.443 e. The Morgan fingerprint density at radius 2 is 2.14 bits per heavy atom. The molecule has 2 rings (SSSR count). The number of hydrogen-bond donors (Lipinski definition) is 1. The molecule has 1 N–H and O–H groups in total. The van der Waals surface area contributed by atoms with Gasteiger partial charge in [0.05, 0.1) is 5.70 Å². The van der Waals surface area contributed by atoms with Crippen LogP contribution in [0.25, 0.3) is 5.70 Å². The fraction of sp³-hybridized carbons (Fsp3) is 0.529. The van der Waals surface area contributed by atoms with Gasteiger partial charge in [-0.3, -0.25) is 4.90 Å². The minimum atomic E-state index is -0.503. The molecule has 0 fully saturated rings. The maximum absolute atomic E-state index is 12.5.